The fraction of sp³-hybridized carbons (Fsp3) is 0.462. The lowest BCUT2D eigenvalue weighted by molar-refractivity contribution is -0.139. The summed E-state index contributed by atoms with van der Waals surface area (Å²) in [5.41, 5.74) is 0.789. The standard InChI is InChI=1S/C13H18O3/c1-13(2,9-12(14)15)8-10-6-4-5-7-11(10)16-3/h4-7H,8-9H2,1-3H3,(H,14,15). The highest BCUT2D eigenvalue weighted by molar-refractivity contribution is 5.67. The number of para-hydroxylation sites is 1. The Hall–Kier alpha value is -1.51. The summed E-state index contributed by atoms with van der Waals surface area (Å²) in [6, 6.07) is 7.72. The minimum atomic E-state index is -0.764. The summed E-state index contributed by atoms with van der Waals surface area (Å²) in [7, 11) is 1.63. The molecule has 0 radical (unpaired) electrons. The number of aliphatic carboxylic acids is 1. The predicted molar refractivity (Wildman–Crippen MR) is 62.7 cm³/mol. The maximum atomic E-state index is 10.7. The van der Waals surface area contributed by atoms with Gasteiger partial charge in [-0.15, -0.1) is 0 Å². The number of rotatable bonds is 5. The van der Waals surface area contributed by atoms with Crippen molar-refractivity contribution in [1.82, 2.24) is 0 Å². The van der Waals surface area contributed by atoms with Crippen LogP contribution in [0.3, 0.4) is 0 Å². The molecule has 88 valence electrons. The molecule has 0 saturated carbocycles. The molecule has 0 aliphatic heterocycles. The lowest BCUT2D eigenvalue weighted by Gasteiger charge is -2.23. The summed E-state index contributed by atoms with van der Waals surface area (Å²) in [5.74, 6) is 0.0564. The van der Waals surface area contributed by atoms with Crippen LogP contribution in [0.2, 0.25) is 0 Å². The molecule has 0 aliphatic rings. The van der Waals surface area contributed by atoms with Crippen LogP contribution in [-0.4, -0.2) is 18.2 Å². The molecule has 0 amide bonds. The maximum Gasteiger partial charge on any atom is 0.303 e. The second kappa shape index (κ2) is 5.01. The Kier molecular flexibility index (Phi) is 3.93. The molecule has 3 heteroatoms. The topological polar surface area (TPSA) is 46.5 Å². The smallest absolute Gasteiger partial charge is 0.303 e. The second-order valence-corrected chi connectivity index (χ2v) is 4.72. The Balaban J connectivity index is 2.82. The molecule has 0 heterocycles. The van der Waals surface area contributed by atoms with Crippen LogP contribution in [0.5, 0.6) is 5.75 Å². The third-order valence-corrected chi connectivity index (χ3v) is 2.49. The Morgan fingerprint density at radius 3 is 2.56 bits per heavy atom. The van der Waals surface area contributed by atoms with E-state index in [4.69, 9.17) is 9.84 Å². The summed E-state index contributed by atoms with van der Waals surface area (Å²) in [4.78, 5) is 10.7. The number of hydrogen-bond donors (Lipinski definition) is 1. The summed E-state index contributed by atoms with van der Waals surface area (Å²) >= 11 is 0. The highest BCUT2D eigenvalue weighted by atomic mass is 16.5. The molecule has 0 atom stereocenters. The lowest BCUT2D eigenvalue weighted by atomic mass is 9.82. The number of benzene rings is 1. The zero-order chi connectivity index (χ0) is 12.2. The van der Waals surface area contributed by atoms with Crippen molar-refractivity contribution in [3.63, 3.8) is 0 Å². The van der Waals surface area contributed by atoms with Gasteiger partial charge in [0, 0.05) is 0 Å². The highest BCUT2D eigenvalue weighted by Crippen LogP contribution is 2.30. The molecular weight excluding hydrogens is 204 g/mol. The summed E-state index contributed by atoms with van der Waals surface area (Å²) in [5, 5.41) is 8.82. The first kappa shape index (κ1) is 12.6. The number of carboxylic acids is 1. The molecule has 0 bridgehead atoms. The van der Waals surface area contributed by atoms with E-state index >= 15 is 0 Å². The van der Waals surface area contributed by atoms with E-state index in [1.807, 2.05) is 38.1 Å². The molecule has 1 aromatic carbocycles. The van der Waals surface area contributed by atoms with Crippen LogP contribution < -0.4 is 4.74 Å². The first-order valence-corrected chi connectivity index (χ1v) is 5.28. The lowest BCUT2D eigenvalue weighted by Crippen LogP contribution is -2.20. The van der Waals surface area contributed by atoms with Crippen molar-refractivity contribution in [1.29, 1.82) is 0 Å². The van der Waals surface area contributed by atoms with Gasteiger partial charge in [-0.05, 0) is 23.5 Å². The van der Waals surface area contributed by atoms with Gasteiger partial charge in [-0.3, -0.25) is 4.79 Å². The molecule has 0 saturated heterocycles. The van der Waals surface area contributed by atoms with E-state index in [1.165, 1.54) is 0 Å². The number of ether oxygens (including phenoxy) is 1. The van der Waals surface area contributed by atoms with E-state index in [0.29, 0.717) is 6.42 Å². The normalized spacial score (nSPS) is 11.2. The van der Waals surface area contributed by atoms with E-state index < -0.39 is 5.97 Å². The SMILES string of the molecule is COc1ccccc1CC(C)(C)CC(=O)O. The van der Waals surface area contributed by atoms with Gasteiger partial charge in [-0.25, -0.2) is 0 Å². The summed E-state index contributed by atoms with van der Waals surface area (Å²) in [6.07, 6.45) is 0.856. The first-order valence-electron chi connectivity index (χ1n) is 5.28. The molecule has 0 aliphatic carbocycles. The van der Waals surface area contributed by atoms with Gasteiger partial charge in [0.25, 0.3) is 0 Å². The van der Waals surface area contributed by atoms with Crippen molar-refractivity contribution in [3.8, 4) is 5.75 Å². The van der Waals surface area contributed by atoms with Crippen LogP contribution in [0.15, 0.2) is 24.3 Å². The molecular formula is C13H18O3. The Morgan fingerprint density at radius 1 is 1.38 bits per heavy atom. The Morgan fingerprint density at radius 2 is 2.00 bits per heavy atom. The molecule has 1 aromatic rings. The van der Waals surface area contributed by atoms with Crippen LogP contribution in [0, 0.1) is 5.41 Å². The van der Waals surface area contributed by atoms with E-state index in [0.717, 1.165) is 11.3 Å². The minimum absolute atomic E-state index is 0.158. The quantitative estimate of drug-likeness (QED) is 0.833. The summed E-state index contributed by atoms with van der Waals surface area (Å²) in [6.45, 7) is 3.90. The van der Waals surface area contributed by atoms with Gasteiger partial charge in [-0.2, -0.15) is 0 Å². The van der Waals surface area contributed by atoms with Gasteiger partial charge in [0.1, 0.15) is 5.75 Å². The van der Waals surface area contributed by atoms with E-state index in [2.05, 4.69) is 0 Å². The maximum absolute atomic E-state index is 10.7. The highest BCUT2D eigenvalue weighted by Gasteiger charge is 2.23. The van der Waals surface area contributed by atoms with Crippen LogP contribution in [0.4, 0.5) is 0 Å². The van der Waals surface area contributed by atoms with Gasteiger partial charge in [-0.1, -0.05) is 32.0 Å². The third kappa shape index (κ3) is 3.57. The Bertz CT molecular complexity index is 369. The zero-order valence-electron chi connectivity index (χ0n) is 9.99. The molecule has 1 N–H and O–H groups in total. The average Bonchev–Trinajstić information content (AvgIpc) is 2.15. The largest absolute Gasteiger partial charge is 0.496 e. The fourth-order valence-corrected chi connectivity index (χ4v) is 1.84. The number of methoxy groups -OCH3 is 1. The van der Waals surface area contributed by atoms with Gasteiger partial charge < -0.3 is 9.84 Å². The second-order valence-electron chi connectivity index (χ2n) is 4.72. The van der Waals surface area contributed by atoms with Crippen LogP contribution >= 0.6 is 0 Å². The first-order chi connectivity index (χ1) is 7.44. The molecule has 1 rings (SSSR count). The molecule has 0 aromatic heterocycles. The third-order valence-electron chi connectivity index (χ3n) is 2.49. The molecule has 3 nitrogen and oxygen atoms in total. The Labute approximate surface area is 96.1 Å². The van der Waals surface area contributed by atoms with E-state index in [-0.39, 0.29) is 11.8 Å². The average molecular weight is 222 g/mol. The van der Waals surface area contributed by atoms with Gasteiger partial charge in [0.05, 0.1) is 13.5 Å². The van der Waals surface area contributed by atoms with Crippen molar-refractivity contribution in [2.45, 2.75) is 26.7 Å². The van der Waals surface area contributed by atoms with Crippen LogP contribution in [-0.2, 0) is 11.2 Å². The molecule has 0 fully saturated rings. The van der Waals surface area contributed by atoms with Gasteiger partial charge >= 0.3 is 5.97 Å². The van der Waals surface area contributed by atoms with E-state index in [9.17, 15) is 4.79 Å². The van der Waals surface area contributed by atoms with Crippen molar-refractivity contribution in [2.75, 3.05) is 7.11 Å². The van der Waals surface area contributed by atoms with Crippen LogP contribution in [0.1, 0.15) is 25.8 Å². The van der Waals surface area contributed by atoms with Gasteiger partial charge in [0.15, 0.2) is 0 Å². The number of carboxylic acid groups (broad SMARTS) is 1. The molecule has 0 spiro atoms. The zero-order valence-corrected chi connectivity index (χ0v) is 9.99. The number of carbonyl (C=O) groups is 1. The van der Waals surface area contributed by atoms with E-state index in [1.54, 1.807) is 7.11 Å². The van der Waals surface area contributed by atoms with Crippen molar-refractivity contribution >= 4 is 5.97 Å². The minimum Gasteiger partial charge on any atom is -0.496 e. The fourth-order valence-electron chi connectivity index (χ4n) is 1.84. The van der Waals surface area contributed by atoms with Crippen LogP contribution in [0.25, 0.3) is 0 Å². The van der Waals surface area contributed by atoms with Crippen molar-refractivity contribution < 1.29 is 14.6 Å². The van der Waals surface area contributed by atoms with Crippen molar-refractivity contribution in [3.05, 3.63) is 29.8 Å². The molecule has 16 heavy (non-hydrogen) atoms. The monoisotopic (exact) mass is 222 g/mol. The van der Waals surface area contributed by atoms with Crippen molar-refractivity contribution in [2.24, 2.45) is 5.41 Å². The van der Waals surface area contributed by atoms with Gasteiger partial charge in [0.2, 0.25) is 0 Å². The molecule has 0 unspecified atom stereocenters. The summed E-state index contributed by atoms with van der Waals surface area (Å²) < 4.78 is 5.25. The number of hydrogen-bond acceptors (Lipinski definition) is 2. The predicted octanol–water partition coefficient (Wildman–Crippen LogP) is 2.74.